The van der Waals surface area contributed by atoms with E-state index in [9.17, 15) is 4.79 Å². The van der Waals surface area contributed by atoms with E-state index in [0.717, 1.165) is 12.2 Å². The van der Waals surface area contributed by atoms with Gasteiger partial charge in [-0.3, -0.25) is 9.48 Å². The SMILES string of the molecule is CNC(=O)CC(C)NCc1cnn(C)c1C. The summed E-state index contributed by atoms with van der Waals surface area (Å²) in [5.41, 5.74) is 2.32. The van der Waals surface area contributed by atoms with Gasteiger partial charge in [0.05, 0.1) is 6.20 Å². The van der Waals surface area contributed by atoms with E-state index in [1.807, 2.05) is 31.8 Å². The Bertz CT molecular complexity index is 359. The van der Waals surface area contributed by atoms with Crippen LogP contribution in [0.1, 0.15) is 24.6 Å². The van der Waals surface area contributed by atoms with Crippen LogP contribution in [0.2, 0.25) is 0 Å². The molecule has 0 aliphatic heterocycles. The van der Waals surface area contributed by atoms with Gasteiger partial charge in [0.2, 0.25) is 5.91 Å². The normalized spacial score (nSPS) is 12.5. The molecule has 0 spiro atoms. The highest BCUT2D eigenvalue weighted by atomic mass is 16.1. The third-order valence-electron chi connectivity index (χ3n) is 2.75. The summed E-state index contributed by atoms with van der Waals surface area (Å²) in [5.74, 6) is 0.0582. The largest absolute Gasteiger partial charge is 0.359 e. The van der Waals surface area contributed by atoms with Crippen molar-refractivity contribution in [3.8, 4) is 0 Å². The van der Waals surface area contributed by atoms with Crippen LogP contribution in [0.15, 0.2) is 6.20 Å². The van der Waals surface area contributed by atoms with Gasteiger partial charge in [-0.25, -0.2) is 0 Å². The average molecular weight is 224 g/mol. The van der Waals surface area contributed by atoms with Crippen LogP contribution in [-0.4, -0.2) is 28.8 Å². The lowest BCUT2D eigenvalue weighted by Gasteiger charge is -2.12. The molecule has 1 aromatic rings. The van der Waals surface area contributed by atoms with Crippen LogP contribution in [-0.2, 0) is 18.4 Å². The minimum absolute atomic E-state index is 0.0582. The van der Waals surface area contributed by atoms with Gasteiger partial charge in [-0.05, 0) is 13.8 Å². The molecular weight excluding hydrogens is 204 g/mol. The number of rotatable bonds is 5. The van der Waals surface area contributed by atoms with E-state index in [-0.39, 0.29) is 11.9 Å². The predicted octanol–water partition coefficient (Wildman–Crippen LogP) is 0.343. The minimum atomic E-state index is 0.0582. The fourth-order valence-corrected chi connectivity index (χ4v) is 1.45. The first-order valence-electron chi connectivity index (χ1n) is 5.46. The molecule has 2 N–H and O–H groups in total. The zero-order valence-electron chi connectivity index (χ0n) is 10.4. The van der Waals surface area contributed by atoms with Crippen LogP contribution in [0.3, 0.4) is 0 Å². The first kappa shape index (κ1) is 12.7. The van der Waals surface area contributed by atoms with Crippen molar-refractivity contribution in [2.75, 3.05) is 7.05 Å². The van der Waals surface area contributed by atoms with Gasteiger partial charge in [-0.1, -0.05) is 0 Å². The highest BCUT2D eigenvalue weighted by molar-refractivity contribution is 5.76. The summed E-state index contributed by atoms with van der Waals surface area (Å²) in [6, 6.07) is 0.166. The Morgan fingerprint density at radius 2 is 2.31 bits per heavy atom. The number of nitrogens with one attached hydrogen (secondary N) is 2. The number of hydrogen-bond donors (Lipinski definition) is 2. The molecule has 0 saturated heterocycles. The molecule has 1 unspecified atom stereocenters. The maximum Gasteiger partial charge on any atom is 0.221 e. The molecule has 1 aromatic heterocycles. The van der Waals surface area contributed by atoms with Gasteiger partial charge in [0.15, 0.2) is 0 Å². The third-order valence-corrected chi connectivity index (χ3v) is 2.75. The summed E-state index contributed by atoms with van der Waals surface area (Å²) < 4.78 is 1.85. The topological polar surface area (TPSA) is 59.0 Å². The number of carbonyl (C=O) groups excluding carboxylic acids is 1. The molecule has 5 nitrogen and oxygen atoms in total. The van der Waals surface area contributed by atoms with Crippen molar-refractivity contribution in [3.63, 3.8) is 0 Å². The van der Waals surface area contributed by atoms with Gasteiger partial charge in [0.1, 0.15) is 0 Å². The number of nitrogens with zero attached hydrogens (tertiary/aromatic N) is 2. The summed E-state index contributed by atoms with van der Waals surface area (Å²) in [6.07, 6.45) is 2.35. The van der Waals surface area contributed by atoms with Gasteiger partial charge in [0.25, 0.3) is 0 Å². The molecule has 0 fully saturated rings. The second-order valence-electron chi connectivity index (χ2n) is 4.04. The van der Waals surface area contributed by atoms with E-state index in [0.29, 0.717) is 6.42 Å². The van der Waals surface area contributed by atoms with E-state index in [2.05, 4.69) is 15.7 Å². The van der Waals surface area contributed by atoms with Crippen molar-refractivity contribution in [1.82, 2.24) is 20.4 Å². The Kier molecular flexibility index (Phi) is 4.49. The second kappa shape index (κ2) is 5.65. The lowest BCUT2D eigenvalue weighted by molar-refractivity contribution is -0.121. The lowest BCUT2D eigenvalue weighted by Crippen LogP contribution is -2.32. The number of carbonyl (C=O) groups is 1. The van der Waals surface area contributed by atoms with Crippen LogP contribution >= 0.6 is 0 Å². The van der Waals surface area contributed by atoms with Crippen molar-refractivity contribution in [2.45, 2.75) is 32.9 Å². The zero-order valence-corrected chi connectivity index (χ0v) is 10.4. The molecule has 0 bridgehead atoms. The van der Waals surface area contributed by atoms with Crippen molar-refractivity contribution in [3.05, 3.63) is 17.5 Å². The minimum Gasteiger partial charge on any atom is -0.359 e. The van der Waals surface area contributed by atoms with Crippen LogP contribution in [0.5, 0.6) is 0 Å². The molecule has 1 amide bonds. The van der Waals surface area contributed by atoms with Gasteiger partial charge < -0.3 is 10.6 Å². The maximum absolute atomic E-state index is 11.1. The predicted molar refractivity (Wildman–Crippen MR) is 62.9 cm³/mol. The van der Waals surface area contributed by atoms with Crippen molar-refractivity contribution in [2.24, 2.45) is 7.05 Å². The highest BCUT2D eigenvalue weighted by Gasteiger charge is 2.08. The van der Waals surface area contributed by atoms with Gasteiger partial charge in [-0.15, -0.1) is 0 Å². The fraction of sp³-hybridized carbons (Fsp3) is 0.636. The molecule has 0 radical (unpaired) electrons. The van der Waals surface area contributed by atoms with E-state index < -0.39 is 0 Å². The van der Waals surface area contributed by atoms with Crippen LogP contribution < -0.4 is 10.6 Å². The summed E-state index contributed by atoms with van der Waals surface area (Å²) in [6.45, 7) is 4.78. The molecule has 1 atom stereocenters. The Labute approximate surface area is 96.2 Å². The van der Waals surface area contributed by atoms with E-state index in [4.69, 9.17) is 0 Å². The number of aromatic nitrogens is 2. The summed E-state index contributed by atoms with van der Waals surface area (Å²) in [4.78, 5) is 11.1. The zero-order chi connectivity index (χ0) is 12.1. The van der Waals surface area contributed by atoms with E-state index in [1.165, 1.54) is 5.56 Å². The standard InChI is InChI=1S/C11H20N4O/c1-8(5-11(16)12-3)13-6-10-7-14-15(4)9(10)2/h7-8,13H,5-6H2,1-4H3,(H,12,16). The number of hydrogen-bond acceptors (Lipinski definition) is 3. The average Bonchev–Trinajstić information content (AvgIpc) is 2.57. The lowest BCUT2D eigenvalue weighted by atomic mass is 10.2. The first-order valence-corrected chi connectivity index (χ1v) is 5.46. The van der Waals surface area contributed by atoms with Gasteiger partial charge >= 0.3 is 0 Å². The molecule has 0 saturated carbocycles. The van der Waals surface area contributed by atoms with Crippen molar-refractivity contribution in [1.29, 1.82) is 0 Å². The van der Waals surface area contributed by atoms with Crippen LogP contribution in [0, 0.1) is 6.92 Å². The molecule has 0 aliphatic carbocycles. The maximum atomic E-state index is 11.1. The first-order chi connectivity index (χ1) is 7.54. The molecule has 1 rings (SSSR count). The Morgan fingerprint density at radius 1 is 1.62 bits per heavy atom. The van der Waals surface area contributed by atoms with Crippen LogP contribution in [0.25, 0.3) is 0 Å². The molecular formula is C11H20N4O. The quantitative estimate of drug-likeness (QED) is 0.758. The monoisotopic (exact) mass is 224 g/mol. The summed E-state index contributed by atoms with van der Waals surface area (Å²) in [7, 11) is 3.58. The second-order valence-corrected chi connectivity index (χ2v) is 4.04. The van der Waals surface area contributed by atoms with E-state index >= 15 is 0 Å². The van der Waals surface area contributed by atoms with Crippen LogP contribution in [0.4, 0.5) is 0 Å². The molecule has 0 aromatic carbocycles. The molecule has 16 heavy (non-hydrogen) atoms. The number of amides is 1. The summed E-state index contributed by atoms with van der Waals surface area (Å²) in [5, 5.41) is 10.1. The fourth-order valence-electron chi connectivity index (χ4n) is 1.45. The van der Waals surface area contributed by atoms with Crippen molar-refractivity contribution >= 4 is 5.91 Å². The molecule has 1 heterocycles. The van der Waals surface area contributed by atoms with Gasteiger partial charge in [0, 0.05) is 44.4 Å². The third kappa shape index (κ3) is 3.34. The molecule has 0 aliphatic rings. The van der Waals surface area contributed by atoms with Crippen molar-refractivity contribution < 1.29 is 4.79 Å². The number of aryl methyl sites for hydroxylation is 1. The molecule has 5 heteroatoms. The Balaban J connectivity index is 2.40. The molecule has 90 valence electrons. The van der Waals surface area contributed by atoms with Gasteiger partial charge in [-0.2, -0.15) is 5.10 Å². The Morgan fingerprint density at radius 3 is 2.81 bits per heavy atom. The van der Waals surface area contributed by atoms with E-state index in [1.54, 1.807) is 7.05 Å². The Hall–Kier alpha value is -1.36. The highest BCUT2D eigenvalue weighted by Crippen LogP contribution is 2.05. The smallest absolute Gasteiger partial charge is 0.221 e. The summed E-state index contributed by atoms with van der Waals surface area (Å²) >= 11 is 0.